The normalized spacial score (nSPS) is 14.4. The van der Waals surface area contributed by atoms with Crippen LogP contribution in [-0.2, 0) is 6.54 Å². The van der Waals surface area contributed by atoms with Crippen molar-refractivity contribution in [2.45, 2.75) is 41.2 Å². The van der Waals surface area contributed by atoms with Crippen LogP contribution in [0.15, 0.2) is 30.0 Å². The molecule has 0 amide bonds. The molecule has 6 heteroatoms. The molecule has 2 aromatic carbocycles. The summed E-state index contributed by atoms with van der Waals surface area (Å²) in [6.45, 7) is 12.8. The number of Topliss-reactive ketones (excluding diaryl/α,β-unsaturated/α-hetero) is 1. The first-order valence-electron chi connectivity index (χ1n) is 11.4. The molecule has 0 spiro atoms. The molecule has 1 heterocycles. The molecule has 0 radical (unpaired) electrons. The van der Waals surface area contributed by atoms with Crippen LogP contribution in [0.3, 0.4) is 0 Å². The quantitative estimate of drug-likeness (QED) is 0.510. The zero-order valence-electron chi connectivity index (χ0n) is 20.7. The molecule has 0 saturated carbocycles. The van der Waals surface area contributed by atoms with Crippen molar-refractivity contribution in [1.29, 1.82) is 0 Å². The first-order valence-corrected chi connectivity index (χ1v) is 11.4. The van der Waals surface area contributed by atoms with Gasteiger partial charge in [-0.25, -0.2) is 0 Å². The molecule has 0 aliphatic carbocycles. The van der Waals surface area contributed by atoms with E-state index >= 15 is 0 Å². The summed E-state index contributed by atoms with van der Waals surface area (Å²) in [5.41, 5.74) is 2.52. The average molecular weight is 454 g/mol. The molecule has 2 aromatic rings. The fourth-order valence-corrected chi connectivity index (χ4v) is 4.29. The summed E-state index contributed by atoms with van der Waals surface area (Å²) < 4.78 is 16.9. The first kappa shape index (κ1) is 24.6. The number of hydrogen-bond acceptors (Lipinski definition) is 6. The summed E-state index contributed by atoms with van der Waals surface area (Å²) in [5, 5.41) is 10.8. The van der Waals surface area contributed by atoms with Crippen molar-refractivity contribution in [3.63, 3.8) is 0 Å². The zero-order chi connectivity index (χ0) is 24.3. The van der Waals surface area contributed by atoms with Gasteiger partial charge < -0.3 is 19.3 Å². The SMILES string of the molecule is COc1ccc(OC)c(/C=C2/Oc3c(CN(CC(C)C)CC(C)C)c(O)cc(C)c3C2=O)c1. The second-order valence-electron chi connectivity index (χ2n) is 9.42. The van der Waals surface area contributed by atoms with Crippen LogP contribution in [0.4, 0.5) is 0 Å². The Hall–Kier alpha value is -2.99. The smallest absolute Gasteiger partial charge is 0.232 e. The van der Waals surface area contributed by atoms with Crippen LogP contribution < -0.4 is 14.2 Å². The summed E-state index contributed by atoms with van der Waals surface area (Å²) in [4.78, 5) is 15.6. The molecule has 6 nitrogen and oxygen atoms in total. The highest BCUT2D eigenvalue weighted by Crippen LogP contribution is 2.43. The Labute approximate surface area is 196 Å². The van der Waals surface area contributed by atoms with Gasteiger partial charge in [0.05, 0.1) is 25.3 Å². The highest BCUT2D eigenvalue weighted by Gasteiger charge is 2.34. The molecular weight excluding hydrogens is 418 g/mol. The minimum absolute atomic E-state index is 0.150. The highest BCUT2D eigenvalue weighted by molar-refractivity contribution is 6.16. The minimum atomic E-state index is -0.201. The van der Waals surface area contributed by atoms with Crippen molar-refractivity contribution in [2.75, 3.05) is 27.3 Å². The van der Waals surface area contributed by atoms with Gasteiger partial charge in [0.15, 0.2) is 5.76 Å². The predicted octanol–water partition coefficient (Wildman–Crippen LogP) is 5.45. The van der Waals surface area contributed by atoms with E-state index in [1.54, 1.807) is 44.6 Å². The molecule has 0 fully saturated rings. The number of benzene rings is 2. The second kappa shape index (κ2) is 10.3. The van der Waals surface area contributed by atoms with Gasteiger partial charge in [-0.1, -0.05) is 27.7 Å². The lowest BCUT2D eigenvalue weighted by molar-refractivity contribution is 0.101. The Morgan fingerprint density at radius 3 is 2.30 bits per heavy atom. The lowest BCUT2D eigenvalue weighted by Crippen LogP contribution is -2.31. The number of aryl methyl sites for hydroxylation is 1. The minimum Gasteiger partial charge on any atom is -0.507 e. The Bertz CT molecular complexity index is 1040. The number of fused-ring (bicyclic) bond motifs is 1. The van der Waals surface area contributed by atoms with Crippen molar-refractivity contribution in [3.8, 4) is 23.0 Å². The van der Waals surface area contributed by atoms with E-state index in [2.05, 4.69) is 32.6 Å². The van der Waals surface area contributed by atoms with Gasteiger partial charge in [0.25, 0.3) is 0 Å². The standard InChI is InChI=1S/C27H35NO5/c1-16(2)13-28(14-17(3)4)15-21-22(29)10-18(5)25-26(30)24(33-27(21)25)12-19-11-20(31-6)8-9-23(19)32-7/h8-12,16-17,29H,13-15H2,1-7H3/b24-12+. The summed E-state index contributed by atoms with van der Waals surface area (Å²) >= 11 is 0. The van der Waals surface area contributed by atoms with E-state index in [0.29, 0.717) is 57.9 Å². The van der Waals surface area contributed by atoms with Crippen LogP contribution in [-0.4, -0.2) is 43.1 Å². The predicted molar refractivity (Wildman–Crippen MR) is 130 cm³/mol. The Morgan fingerprint density at radius 2 is 1.73 bits per heavy atom. The largest absolute Gasteiger partial charge is 0.507 e. The number of allylic oxidation sites excluding steroid dienone is 1. The highest BCUT2D eigenvalue weighted by atomic mass is 16.5. The average Bonchev–Trinajstić information content (AvgIpc) is 3.06. The van der Waals surface area contributed by atoms with Gasteiger partial charge in [-0.15, -0.1) is 0 Å². The van der Waals surface area contributed by atoms with E-state index in [1.165, 1.54) is 0 Å². The van der Waals surface area contributed by atoms with E-state index in [-0.39, 0.29) is 17.3 Å². The van der Waals surface area contributed by atoms with E-state index in [1.807, 2.05) is 6.92 Å². The number of carbonyl (C=O) groups is 1. The maximum atomic E-state index is 13.3. The molecule has 1 aliphatic heterocycles. The number of rotatable bonds is 9. The van der Waals surface area contributed by atoms with Gasteiger partial charge in [0.2, 0.25) is 5.78 Å². The molecule has 33 heavy (non-hydrogen) atoms. The van der Waals surface area contributed by atoms with Crippen molar-refractivity contribution in [2.24, 2.45) is 11.8 Å². The summed E-state index contributed by atoms with van der Waals surface area (Å²) in [6.07, 6.45) is 1.67. The monoisotopic (exact) mass is 453 g/mol. The van der Waals surface area contributed by atoms with Gasteiger partial charge in [0.1, 0.15) is 23.0 Å². The third-order valence-corrected chi connectivity index (χ3v) is 5.57. The van der Waals surface area contributed by atoms with Crippen LogP contribution in [0.2, 0.25) is 0 Å². The van der Waals surface area contributed by atoms with E-state index in [4.69, 9.17) is 14.2 Å². The summed E-state index contributed by atoms with van der Waals surface area (Å²) in [5.74, 6) is 2.80. The van der Waals surface area contributed by atoms with Crippen LogP contribution in [0.5, 0.6) is 23.0 Å². The molecule has 0 aromatic heterocycles. The van der Waals surface area contributed by atoms with Gasteiger partial charge in [-0.2, -0.15) is 0 Å². The van der Waals surface area contributed by atoms with E-state index < -0.39 is 0 Å². The Balaban J connectivity index is 2.03. The van der Waals surface area contributed by atoms with Crippen molar-refractivity contribution in [3.05, 3.63) is 52.3 Å². The molecule has 0 atom stereocenters. The first-order chi connectivity index (χ1) is 15.6. The number of ketones is 1. The molecule has 0 saturated heterocycles. The third-order valence-electron chi connectivity index (χ3n) is 5.57. The van der Waals surface area contributed by atoms with Gasteiger partial charge >= 0.3 is 0 Å². The lowest BCUT2D eigenvalue weighted by Gasteiger charge is -2.27. The Morgan fingerprint density at radius 1 is 1.06 bits per heavy atom. The van der Waals surface area contributed by atoms with Crippen LogP contribution >= 0.6 is 0 Å². The van der Waals surface area contributed by atoms with Crippen molar-refractivity contribution >= 4 is 11.9 Å². The molecular formula is C27H35NO5. The number of phenolic OH excluding ortho intramolecular Hbond substituents is 1. The number of phenols is 1. The lowest BCUT2D eigenvalue weighted by atomic mass is 9.98. The zero-order valence-corrected chi connectivity index (χ0v) is 20.7. The maximum absolute atomic E-state index is 13.3. The third kappa shape index (κ3) is 5.50. The summed E-state index contributed by atoms with van der Waals surface area (Å²) in [7, 11) is 3.17. The van der Waals surface area contributed by atoms with Gasteiger partial charge in [-0.3, -0.25) is 9.69 Å². The van der Waals surface area contributed by atoms with Crippen molar-refractivity contribution < 1.29 is 24.1 Å². The van der Waals surface area contributed by atoms with Gasteiger partial charge in [0, 0.05) is 25.2 Å². The molecule has 0 bridgehead atoms. The molecule has 1 N–H and O–H groups in total. The molecule has 0 unspecified atom stereocenters. The number of nitrogens with zero attached hydrogens (tertiary/aromatic N) is 1. The van der Waals surface area contributed by atoms with Crippen LogP contribution in [0.1, 0.15) is 54.7 Å². The van der Waals surface area contributed by atoms with Gasteiger partial charge in [-0.05, 0) is 54.7 Å². The van der Waals surface area contributed by atoms with E-state index in [0.717, 1.165) is 13.1 Å². The molecule has 178 valence electrons. The number of hydrogen-bond donors (Lipinski definition) is 1. The molecule has 3 rings (SSSR count). The maximum Gasteiger partial charge on any atom is 0.232 e. The number of aromatic hydroxyl groups is 1. The Kier molecular flexibility index (Phi) is 7.69. The van der Waals surface area contributed by atoms with Crippen molar-refractivity contribution in [1.82, 2.24) is 4.90 Å². The topological polar surface area (TPSA) is 68.2 Å². The van der Waals surface area contributed by atoms with E-state index in [9.17, 15) is 9.90 Å². The number of ether oxygens (including phenoxy) is 3. The fourth-order valence-electron chi connectivity index (χ4n) is 4.29. The summed E-state index contributed by atoms with van der Waals surface area (Å²) in [6, 6.07) is 7.04. The number of carbonyl (C=O) groups excluding carboxylic acids is 1. The fraction of sp³-hybridized carbons (Fsp3) is 0.444. The second-order valence-corrected chi connectivity index (χ2v) is 9.42. The molecule has 1 aliphatic rings. The van der Waals surface area contributed by atoms with Crippen LogP contribution in [0.25, 0.3) is 6.08 Å². The number of methoxy groups -OCH3 is 2. The van der Waals surface area contributed by atoms with Crippen LogP contribution in [0, 0.1) is 18.8 Å².